The van der Waals surface area contributed by atoms with E-state index in [0.29, 0.717) is 16.3 Å². The number of anilines is 1. The second-order valence-corrected chi connectivity index (χ2v) is 5.47. The smallest absolute Gasteiger partial charge is 0.313 e. The highest BCUT2D eigenvalue weighted by atomic mass is 35.5. The highest BCUT2D eigenvalue weighted by Gasteiger charge is 2.20. The van der Waals surface area contributed by atoms with Gasteiger partial charge in [0.25, 0.3) is 0 Å². The van der Waals surface area contributed by atoms with Gasteiger partial charge in [-0.3, -0.25) is 9.59 Å². The van der Waals surface area contributed by atoms with Crippen LogP contribution in [0.3, 0.4) is 0 Å². The van der Waals surface area contributed by atoms with Gasteiger partial charge in [0, 0.05) is 13.6 Å². The van der Waals surface area contributed by atoms with Crippen molar-refractivity contribution in [1.82, 2.24) is 4.90 Å². The van der Waals surface area contributed by atoms with Gasteiger partial charge in [0.2, 0.25) is 0 Å². The number of carbonyl (C=O) groups excluding carboxylic acids is 2. The van der Waals surface area contributed by atoms with E-state index in [0.717, 1.165) is 0 Å². The van der Waals surface area contributed by atoms with Crippen LogP contribution < -0.4 is 10.1 Å². The van der Waals surface area contributed by atoms with Crippen molar-refractivity contribution in [2.75, 3.05) is 19.5 Å². The van der Waals surface area contributed by atoms with Crippen LogP contribution in [0.25, 0.3) is 0 Å². The van der Waals surface area contributed by atoms with Gasteiger partial charge in [-0.15, -0.1) is 0 Å². The van der Waals surface area contributed by atoms with Crippen molar-refractivity contribution < 1.29 is 18.7 Å². The molecule has 0 fully saturated rings. The summed E-state index contributed by atoms with van der Waals surface area (Å²) < 4.78 is 18.5. The van der Waals surface area contributed by atoms with Crippen molar-refractivity contribution in [3.05, 3.63) is 58.9 Å². The van der Waals surface area contributed by atoms with E-state index in [9.17, 15) is 14.0 Å². The fourth-order valence-electron chi connectivity index (χ4n) is 2.07. The van der Waals surface area contributed by atoms with Crippen molar-refractivity contribution in [3.63, 3.8) is 0 Å². The van der Waals surface area contributed by atoms with E-state index in [4.69, 9.17) is 16.3 Å². The predicted octanol–water partition coefficient (Wildman–Crippen LogP) is 3.08. The number of methoxy groups -OCH3 is 1. The number of hydrogen-bond acceptors (Lipinski definition) is 3. The SMILES string of the molecule is COc1ccc(CN(C)C(=O)C(=O)Nc2ccccc2Cl)cc1F. The van der Waals surface area contributed by atoms with E-state index < -0.39 is 17.6 Å². The van der Waals surface area contributed by atoms with Crippen LogP contribution in [0.5, 0.6) is 5.75 Å². The Labute approximate surface area is 144 Å². The molecule has 2 amide bonds. The highest BCUT2D eigenvalue weighted by molar-refractivity contribution is 6.41. The maximum absolute atomic E-state index is 13.7. The number of nitrogens with one attached hydrogen (secondary N) is 1. The molecule has 0 aliphatic heterocycles. The zero-order valence-corrected chi connectivity index (χ0v) is 13.9. The molecule has 126 valence electrons. The van der Waals surface area contributed by atoms with Gasteiger partial charge >= 0.3 is 11.8 Å². The number of likely N-dealkylation sites (N-methyl/N-ethyl adjacent to an activating group) is 1. The molecular formula is C17H16ClFN2O3. The molecule has 0 aliphatic carbocycles. The molecule has 0 radical (unpaired) electrons. The molecule has 0 heterocycles. The van der Waals surface area contributed by atoms with Crippen molar-refractivity contribution in [3.8, 4) is 5.75 Å². The van der Waals surface area contributed by atoms with Crippen molar-refractivity contribution >= 4 is 29.1 Å². The molecule has 0 saturated carbocycles. The first-order valence-electron chi connectivity index (χ1n) is 7.05. The molecule has 0 spiro atoms. The number of nitrogens with zero attached hydrogens (tertiary/aromatic N) is 1. The molecule has 0 unspecified atom stereocenters. The number of benzene rings is 2. The van der Waals surface area contributed by atoms with E-state index in [-0.39, 0.29) is 12.3 Å². The van der Waals surface area contributed by atoms with Crippen molar-refractivity contribution in [1.29, 1.82) is 0 Å². The minimum Gasteiger partial charge on any atom is -0.494 e. The molecule has 7 heteroatoms. The minimum atomic E-state index is -0.820. The molecule has 2 aromatic carbocycles. The summed E-state index contributed by atoms with van der Waals surface area (Å²) in [5.74, 6) is -1.99. The lowest BCUT2D eigenvalue weighted by Crippen LogP contribution is -2.36. The van der Waals surface area contributed by atoms with Gasteiger partial charge in [-0.05, 0) is 29.8 Å². The number of ether oxygens (including phenoxy) is 1. The average Bonchev–Trinajstić information content (AvgIpc) is 2.56. The Morgan fingerprint density at radius 1 is 1.25 bits per heavy atom. The molecule has 24 heavy (non-hydrogen) atoms. The summed E-state index contributed by atoms with van der Waals surface area (Å²) in [6, 6.07) is 10.9. The maximum Gasteiger partial charge on any atom is 0.313 e. The molecule has 0 atom stereocenters. The number of amides is 2. The van der Waals surface area contributed by atoms with Crippen LogP contribution in [0.2, 0.25) is 5.02 Å². The first-order chi connectivity index (χ1) is 11.4. The van der Waals surface area contributed by atoms with Crippen LogP contribution in [-0.4, -0.2) is 30.9 Å². The van der Waals surface area contributed by atoms with E-state index >= 15 is 0 Å². The fraction of sp³-hybridized carbons (Fsp3) is 0.176. The lowest BCUT2D eigenvalue weighted by Gasteiger charge is -2.17. The topological polar surface area (TPSA) is 58.6 Å². The number of para-hydroxylation sites is 1. The summed E-state index contributed by atoms with van der Waals surface area (Å²) in [5.41, 5.74) is 0.885. The van der Waals surface area contributed by atoms with Crippen molar-refractivity contribution in [2.24, 2.45) is 0 Å². The van der Waals surface area contributed by atoms with Gasteiger partial charge in [0.1, 0.15) is 0 Å². The molecule has 2 aromatic rings. The summed E-state index contributed by atoms with van der Waals surface area (Å²) in [5, 5.41) is 2.78. The lowest BCUT2D eigenvalue weighted by atomic mass is 10.2. The minimum absolute atomic E-state index is 0.0791. The van der Waals surface area contributed by atoms with Gasteiger partial charge in [0.15, 0.2) is 11.6 Å². The second-order valence-electron chi connectivity index (χ2n) is 5.06. The van der Waals surface area contributed by atoms with E-state index in [1.165, 1.54) is 31.2 Å². The van der Waals surface area contributed by atoms with Crippen LogP contribution >= 0.6 is 11.6 Å². The van der Waals surface area contributed by atoms with Gasteiger partial charge in [0.05, 0.1) is 17.8 Å². The predicted molar refractivity (Wildman–Crippen MR) is 89.5 cm³/mol. The first-order valence-corrected chi connectivity index (χ1v) is 7.43. The molecule has 1 N–H and O–H groups in total. The summed E-state index contributed by atoms with van der Waals surface area (Å²) in [6.45, 7) is 0.0791. The second kappa shape index (κ2) is 7.79. The van der Waals surface area contributed by atoms with E-state index in [1.807, 2.05) is 0 Å². The first kappa shape index (κ1) is 17.7. The third kappa shape index (κ3) is 4.23. The van der Waals surface area contributed by atoms with Gasteiger partial charge in [-0.25, -0.2) is 4.39 Å². The van der Waals surface area contributed by atoms with E-state index in [1.54, 1.807) is 30.3 Å². The van der Waals surface area contributed by atoms with Crippen LogP contribution in [0.1, 0.15) is 5.56 Å². The third-order valence-electron chi connectivity index (χ3n) is 3.30. The monoisotopic (exact) mass is 350 g/mol. The quantitative estimate of drug-likeness (QED) is 0.862. The normalized spacial score (nSPS) is 10.2. The number of hydrogen-bond donors (Lipinski definition) is 1. The number of rotatable bonds is 4. The van der Waals surface area contributed by atoms with Crippen LogP contribution in [-0.2, 0) is 16.1 Å². The molecular weight excluding hydrogens is 335 g/mol. The third-order valence-corrected chi connectivity index (χ3v) is 3.63. The molecule has 5 nitrogen and oxygen atoms in total. The Bertz CT molecular complexity index is 767. The Morgan fingerprint density at radius 2 is 1.96 bits per heavy atom. The Morgan fingerprint density at radius 3 is 2.58 bits per heavy atom. The summed E-state index contributed by atoms with van der Waals surface area (Å²) >= 11 is 5.94. The van der Waals surface area contributed by atoms with E-state index in [2.05, 4.69) is 5.32 Å². The van der Waals surface area contributed by atoms with Crippen LogP contribution in [0.15, 0.2) is 42.5 Å². The zero-order valence-electron chi connectivity index (χ0n) is 13.2. The summed E-state index contributed by atoms with van der Waals surface area (Å²) in [7, 11) is 2.82. The summed E-state index contributed by atoms with van der Waals surface area (Å²) in [4.78, 5) is 25.3. The van der Waals surface area contributed by atoms with Gasteiger partial charge < -0.3 is 15.0 Å². The molecule has 0 saturated heterocycles. The zero-order chi connectivity index (χ0) is 17.7. The molecule has 2 rings (SSSR count). The lowest BCUT2D eigenvalue weighted by molar-refractivity contribution is -0.142. The highest BCUT2D eigenvalue weighted by Crippen LogP contribution is 2.21. The summed E-state index contributed by atoms with van der Waals surface area (Å²) in [6.07, 6.45) is 0. The number of carbonyl (C=O) groups is 2. The van der Waals surface area contributed by atoms with Crippen LogP contribution in [0, 0.1) is 5.82 Å². The maximum atomic E-state index is 13.7. The Hall–Kier alpha value is -2.60. The molecule has 0 bridgehead atoms. The Kier molecular flexibility index (Phi) is 5.76. The number of halogens is 2. The van der Waals surface area contributed by atoms with Crippen molar-refractivity contribution in [2.45, 2.75) is 6.54 Å². The fourth-order valence-corrected chi connectivity index (χ4v) is 2.25. The standard InChI is InChI=1S/C17H16ClFN2O3/c1-21(10-11-7-8-15(24-2)13(19)9-11)17(23)16(22)20-14-6-4-3-5-12(14)18/h3-9H,10H2,1-2H3,(H,20,22). The Balaban J connectivity index is 2.02. The van der Waals surface area contributed by atoms with Crippen LogP contribution in [0.4, 0.5) is 10.1 Å². The van der Waals surface area contributed by atoms with Gasteiger partial charge in [-0.1, -0.05) is 29.8 Å². The largest absolute Gasteiger partial charge is 0.494 e. The van der Waals surface area contributed by atoms with Gasteiger partial charge in [-0.2, -0.15) is 0 Å². The average molecular weight is 351 g/mol. The molecule has 0 aromatic heterocycles. The molecule has 0 aliphatic rings.